The highest BCUT2D eigenvalue weighted by atomic mass is 19.4. The summed E-state index contributed by atoms with van der Waals surface area (Å²) in [5, 5.41) is 0. The van der Waals surface area contributed by atoms with Crippen molar-refractivity contribution in [3.05, 3.63) is 70.8 Å². The fraction of sp³-hybridized carbons (Fsp3) is 0.556. The first-order valence-corrected chi connectivity index (χ1v) is 12.0. The normalized spacial score (nSPS) is 19.5. The lowest BCUT2D eigenvalue weighted by Gasteiger charge is -2.48. The second-order valence-electron chi connectivity index (χ2n) is 10.0. The van der Waals surface area contributed by atoms with E-state index in [-0.39, 0.29) is 48.8 Å². The topological polar surface area (TPSA) is 3.24 Å². The van der Waals surface area contributed by atoms with Gasteiger partial charge in [0.25, 0.3) is 0 Å². The second-order valence-corrected chi connectivity index (χ2v) is 10.0. The Morgan fingerprint density at radius 1 is 0.735 bits per heavy atom. The van der Waals surface area contributed by atoms with Crippen LogP contribution in [0, 0.1) is 0 Å². The minimum absolute atomic E-state index is 0.0557. The van der Waals surface area contributed by atoms with Gasteiger partial charge in [0.2, 0.25) is 0 Å². The van der Waals surface area contributed by atoms with E-state index in [9.17, 15) is 26.3 Å². The van der Waals surface area contributed by atoms with Crippen LogP contribution in [0.3, 0.4) is 0 Å². The summed E-state index contributed by atoms with van der Waals surface area (Å²) in [6.07, 6.45) is -7.60. The minimum atomic E-state index is -4.48. The quantitative estimate of drug-likeness (QED) is 0.348. The van der Waals surface area contributed by atoms with Crippen LogP contribution in [-0.4, -0.2) is 30.8 Å². The van der Waals surface area contributed by atoms with Gasteiger partial charge in [0, 0.05) is 6.54 Å². The van der Waals surface area contributed by atoms with Crippen LogP contribution >= 0.6 is 0 Å². The minimum Gasteiger partial charge on any atom is -0.302 e. The molecular formula is C27H31F6N. The molecule has 0 unspecified atom stereocenters. The summed E-state index contributed by atoms with van der Waals surface area (Å²) in [6.45, 7) is 1.26. The molecule has 0 amide bonds. The Morgan fingerprint density at radius 3 is 1.65 bits per heavy atom. The molecule has 186 valence electrons. The van der Waals surface area contributed by atoms with Crippen LogP contribution in [0.4, 0.5) is 26.3 Å². The van der Waals surface area contributed by atoms with Crippen molar-refractivity contribution >= 4 is 0 Å². The zero-order valence-corrected chi connectivity index (χ0v) is 19.4. The summed E-state index contributed by atoms with van der Waals surface area (Å²) in [5.74, 6) is 0. The van der Waals surface area contributed by atoms with Gasteiger partial charge in [-0.2, -0.15) is 26.3 Å². The molecule has 1 nitrogen and oxygen atoms in total. The molecule has 0 bridgehead atoms. The van der Waals surface area contributed by atoms with E-state index in [1.54, 1.807) is 0 Å². The van der Waals surface area contributed by atoms with Gasteiger partial charge < -0.3 is 4.90 Å². The van der Waals surface area contributed by atoms with Crippen molar-refractivity contribution in [1.82, 2.24) is 4.90 Å². The molecule has 0 heterocycles. The lowest BCUT2D eigenvalue weighted by molar-refractivity contribution is -0.215. The average molecular weight is 484 g/mol. The van der Waals surface area contributed by atoms with Gasteiger partial charge in [0.05, 0.1) is 10.8 Å². The monoisotopic (exact) mass is 483 g/mol. The van der Waals surface area contributed by atoms with Gasteiger partial charge in [-0.15, -0.1) is 0 Å². The van der Waals surface area contributed by atoms with E-state index in [2.05, 4.69) is 4.90 Å². The molecule has 2 aliphatic carbocycles. The molecule has 2 saturated carbocycles. The Hall–Kier alpha value is -2.02. The molecule has 0 radical (unpaired) electrons. The predicted molar refractivity (Wildman–Crippen MR) is 121 cm³/mol. The molecular weight excluding hydrogens is 452 g/mol. The van der Waals surface area contributed by atoms with E-state index in [0.717, 1.165) is 5.56 Å². The molecule has 0 spiro atoms. The number of benzene rings is 2. The van der Waals surface area contributed by atoms with Crippen molar-refractivity contribution < 1.29 is 26.3 Å². The molecule has 2 aromatic carbocycles. The SMILES string of the molecule is CN(CCCc1c(C2(C(F)(F)F)CCC2)cccc1C1(C(F)(F)F)CCC1)Cc1ccccc1. The van der Waals surface area contributed by atoms with Gasteiger partial charge in [0.15, 0.2) is 0 Å². The molecule has 4 rings (SSSR count). The number of rotatable bonds is 8. The van der Waals surface area contributed by atoms with Gasteiger partial charge in [0.1, 0.15) is 0 Å². The predicted octanol–water partition coefficient (Wildman–Crippen LogP) is 7.72. The van der Waals surface area contributed by atoms with E-state index in [1.165, 1.54) is 18.2 Å². The molecule has 0 saturated heterocycles. The van der Waals surface area contributed by atoms with Crippen molar-refractivity contribution in [2.24, 2.45) is 0 Å². The molecule has 0 aromatic heterocycles. The molecule has 2 fully saturated rings. The van der Waals surface area contributed by atoms with E-state index < -0.39 is 23.2 Å². The van der Waals surface area contributed by atoms with Crippen molar-refractivity contribution in [3.63, 3.8) is 0 Å². The zero-order valence-electron chi connectivity index (χ0n) is 19.4. The smallest absolute Gasteiger partial charge is 0.302 e. The fourth-order valence-corrected chi connectivity index (χ4v) is 5.72. The molecule has 0 N–H and O–H groups in total. The summed E-state index contributed by atoms with van der Waals surface area (Å²) >= 11 is 0. The summed E-state index contributed by atoms with van der Waals surface area (Å²) < 4.78 is 85.5. The molecule has 2 aliphatic rings. The van der Waals surface area contributed by atoms with Crippen LogP contribution < -0.4 is 0 Å². The van der Waals surface area contributed by atoms with Crippen molar-refractivity contribution in [2.45, 2.75) is 81.1 Å². The lowest BCUT2D eigenvalue weighted by atomic mass is 9.58. The first-order valence-electron chi connectivity index (χ1n) is 12.0. The van der Waals surface area contributed by atoms with Crippen LogP contribution in [0.5, 0.6) is 0 Å². The van der Waals surface area contributed by atoms with Crippen LogP contribution in [0.25, 0.3) is 0 Å². The van der Waals surface area contributed by atoms with E-state index in [1.807, 2.05) is 37.4 Å². The summed E-state index contributed by atoms with van der Waals surface area (Å²) in [5.41, 5.74) is -2.50. The molecule has 2 aromatic rings. The third-order valence-electron chi connectivity index (χ3n) is 7.97. The Bertz CT molecular complexity index is 921. The standard InChI is InChI=1S/C27H31F6N/c1-34(19-20-9-3-2-4-10-20)18-6-11-21-22(24(14-7-15-24)26(28,29)30)12-5-13-23(21)25(16-8-17-25)27(31,32)33/h2-5,9-10,12-13H,6-8,11,14-19H2,1H3. The third kappa shape index (κ3) is 4.36. The van der Waals surface area contributed by atoms with Crippen molar-refractivity contribution in [2.75, 3.05) is 13.6 Å². The number of hydrogen-bond donors (Lipinski definition) is 0. The molecule has 7 heteroatoms. The van der Waals surface area contributed by atoms with Crippen molar-refractivity contribution in [3.8, 4) is 0 Å². The van der Waals surface area contributed by atoms with Gasteiger partial charge in [-0.1, -0.05) is 61.4 Å². The van der Waals surface area contributed by atoms with Crippen LogP contribution in [0.2, 0.25) is 0 Å². The number of hydrogen-bond acceptors (Lipinski definition) is 1. The first kappa shape index (κ1) is 25.1. The lowest BCUT2D eigenvalue weighted by Crippen LogP contribution is -2.51. The van der Waals surface area contributed by atoms with Gasteiger partial charge >= 0.3 is 12.4 Å². The number of alkyl halides is 6. The number of nitrogens with zero attached hydrogens (tertiary/aromatic N) is 1. The Balaban J connectivity index is 1.65. The van der Waals surface area contributed by atoms with E-state index >= 15 is 0 Å². The highest BCUT2D eigenvalue weighted by Crippen LogP contribution is 2.59. The maximum atomic E-state index is 14.2. The molecule has 0 aliphatic heterocycles. The third-order valence-corrected chi connectivity index (χ3v) is 7.97. The average Bonchev–Trinajstić information content (AvgIpc) is 2.66. The maximum Gasteiger partial charge on any atom is 0.398 e. The summed E-state index contributed by atoms with van der Waals surface area (Å²) in [7, 11) is 1.92. The zero-order chi connectivity index (χ0) is 24.6. The van der Waals surface area contributed by atoms with Crippen molar-refractivity contribution in [1.29, 1.82) is 0 Å². The van der Waals surface area contributed by atoms with E-state index in [0.29, 0.717) is 32.4 Å². The Kier molecular flexibility index (Phi) is 6.80. The molecule has 0 atom stereocenters. The van der Waals surface area contributed by atoms with Gasteiger partial charge in [-0.25, -0.2) is 0 Å². The summed E-state index contributed by atoms with van der Waals surface area (Å²) in [4.78, 5) is 2.06. The van der Waals surface area contributed by atoms with Gasteiger partial charge in [-0.3, -0.25) is 0 Å². The van der Waals surface area contributed by atoms with Crippen LogP contribution in [-0.2, 0) is 23.8 Å². The van der Waals surface area contributed by atoms with Crippen LogP contribution in [0.15, 0.2) is 48.5 Å². The second kappa shape index (κ2) is 9.21. The Morgan fingerprint density at radius 2 is 1.24 bits per heavy atom. The van der Waals surface area contributed by atoms with Crippen LogP contribution in [0.1, 0.15) is 67.2 Å². The highest BCUT2D eigenvalue weighted by molar-refractivity contribution is 5.48. The molecule has 34 heavy (non-hydrogen) atoms. The number of halogens is 6. The summed E-state index contributed by atoms with van der Waals surface area (Å²) in [6, 6.07) is 14.1. The van der Waals surface area contributed by atoms with Gasteiger partial charge in [-0.05, 0) is 74.4 Å². The fourth-order valence-electron chi connectivity index (χ4n) is 5.72. The first-order chi connectivity index (χ1) is 16.0. The van der Waals surface area contributed by atoms with E-state index in [4.69, 9.17) is 0 Å². The maximum absolute atomic E-state index is 14.2. The highest BCUT2D eigenvalue weighted by Gasteiger charge is 2.63. The largest absolute Gasteiger partial charge is 0.398 e. The Labute approximate surface area is 197 Å².